The predicted molar refractivity (Wildman–Crippen MR) is 107 cm³/mol. The molecule has 2 aliphatic heterocycles. The standard InChI is InChI=1S/C21H24N4O2/c1-23-11-13-24(14-12-23)21-22-18-10-6-5-9-17(18)19(15-20(26)27)25(21)16-7-3-2-4-8-16/h2-10,19H,11-15H2,1H3,(H,26,27). The summed E-state index contributed by atoms with van der Waals surface area (Å²) in [6.45, 7) is 3.68. The molecule has 2 heterocycles. The third kappa shape index (κ3) is 3.53. The minimum Gasteiger partial charge on any atom is -0.481 e. The van der Waals surface area contributed by atoms with E-state index in [1.807, 2.05) is 54.6 Å². The lowest BCUT2D eigenvalue weighted by molar-refractivity contribution is -0.137. The first kappa shape index (κ1) is 17.5. The van der Waals surface area contributed by atoms with Gasteiger partial charge in [0.25, 0.3) is 0 Å². The molecule has 6 heteroatoms. The second kappa shape index (κ2) is 7.40. The van der Waals surface area contributed by atoms with Crippen molar-refractivity contribution in [3.05, 3.63) is 60.2 Å². The Morgan fingerprint density at radius 3 is 2.41 bits per heavy atom. The molecule has 2 aliphatic rings. The van der Waals surface area contributed by atoms with Gasteiger partial charge in [-0.05, 0) is 25.2 Å². The van der Waals surface area contributed by atoms with Crippen LogP contribution in [0.15, 0.2) is 59.6 Å². The summed E-state index contributed by atoms with van der Waals surface area (Å²) in [5.74, 6) is 0.0367. The normalized spacial score (nSPS) is 20.2. The van der Waals surface area contributed by atoms with Crippen molar-refractivity contribution < 1.29 is 9.90 Å². The minimum absolute atomic E-state index is 0.0265. The molecule has 6 nitrogen and oxygen atoms in total. The Hall–Kier alpha value is -2.86. The highest BCUT2D eigenvalue weighted by Gasteiger charge is 2.35. The Morgan fingerprint density at radius 2 is 1.70 bits per heavy atom. The molecule has 0 radical (unpaired) electrons. The van der Waals surface area contributed by atoms with Gasteiger partial charge < -0.3 is 19.8 Å². The monoisotopic (exact) mass is 364 g/mol. The first-order chi connectivity index (χ1) is 13.1. The van der Waals surface area contributed by atoms with E-state index in [9.17, 15) is 9.90 Å². The molecule has 0 aliphatic carbocycles. The molecule has 1 N–H and O–H groups in total. The molecule has 4 rings (SSSR count). The summed E-state index contributed by atoms with van der Waals surface area (Å²) in [4.78, 5) is 23.3. The SMILES string of the molecule is CN1CCN(C2=Nc3ccccc3C(CC(=O)O)N2c2ccccc2)CC1. The average Bonchev–Trinajstić information content (AvgIpc) is 2.68. The van der Waals surface area contributed by atoms with Crippen LogP contribution in [0.4, 0.5) is 11.4 Å². The second-order valence-electron chi connectivity index (χ2n) is 7.08. The average molecular weight is 364 g/mol. The molecule has 1 saturated heterocycles. The molecular formula is C21H24N4O2. The van der Waals surface area contributed by atoms with Crippen molar-refractivity contribution >= 4 is 23.3 Å². The van der Waals surface area contributed by atoms with Crippen molar-refractivity contribution in [3.8, 4) is 0 Å². The van der Waals surface area contributed by atoms with E-state index in [1.165, 1.54) is 0 Å². The van der Waals surface area contributed by atoms with Gasteiger partial charge in [0.05, 0.1) is 18.2 Å². The lowest BCUT2D eigenvalue weighted by atomic mass is 9.97. The smallest absolute Gasteiger partial charge is 0.305 e. The number of carboxylic acids is 1. The lowest BCUT2D eigenvalue weighted by Crippen LogP contribution is -2.54. The summed E-state index contributed by atoms with van der Waals surface area (Å²) in [6.07, 6.45) is 0.0265. The van der Waals surface area contributed by atoms with Gasteiger partial charge in [0.1, 0.15) is 0 Å². The molecular weight excluding hydrogens is 340 g/mol. The maximum atomic E-state index is 11.7. The van der Waals surface area contributed by atoms with Crippen molar-refractivity contribution in [2.24, 2.45) is 4.99 Å². The second-order valence-corrected chi connectivity index (χ2v) is 7.08. The molecule has 2 aromatic carbocycles. The van der Waals surface area contributed by atoms with Gasteiger partial charge in [-0.2, -0.15) is 0 Å². The number of aliphatic imine (C=N–C) groups is 1. The van der Waals surface area contributed by atoms with Crippen LogP contribution >= 0.6 is 0 Å². The quantitative estimate of drug-likeness (QED) is 0.907. The van der Waals surface area contributed by atoms with E-state index >= 15 is 0 Å². The van der Waals surface area contributed by atoms with Gasteiger partial charge in [-0.3, -0.25) is 4.79 Å². The number of para-hydroxylation sites is 2. The van der Waals surface area contributed by atoms with Gasteiger partial charge in [-0.15, -0.1) is 0 Å². The number of hydrogen-bond donors (Lipinski definition) is 1. The Bertz CT molecular complexity index is 844. The number of hydrogen-bond acceptors (Lipinski definition) is 5. The molecule has 0 aromatic heterocycles. The van der Waals surface area contributed by atoms with Crippen molar-refractivity contribution in [2.45, 2.75) is 12.5 Å². The summed E-state index contributed by atoms with van der Waals surface area (Å²) in [5.41, 5.74) is 2.79. The van der Waals surface area contributed by atoms with E-state index in [0.717, 1.165) is 49.1 Å². The van der Waals surface area contributed by atoms with Gasteiger partial charge in [-0.25, -0.2) is 4.99 Å². The number of likely N-dealkylation sites (N-methyl/N-ethyl adjacent to an activating group) is 1. The number of carboxylic acid groups (broad SMARTS) is 1. The first-order valence-electron chi connectivity index (χ1n) is 9.30. The topological polar surface area (TPSA) is 59.4 Å². The van der Waals surface area contributed by atoms with Crippen LogP contribution in [0.5, 0.6) is 0 Å². The third-order valence-corrected chi connectivity index (χ3v) is 5.23. The molecule has 0 amide bonds. The van der Waals surface area contributed by atoms with Crippen LogP contribution in [0.25, 0.3) is 0 Å². The molecule has 1 fully saturated rings. The minimum atomic E-state index is -0.810. The molecule has 0 bridgehead atoms. The summed E-state index contributed by atoms with van der Waals surface area (Å²) in [6, 6.07) is 17.6. The molecule has 1 unspecified atom stereocenters. The lowest BCUT2D eigenvalue weighted by Gasteiger charge is -2.44. The third-order valence-electron chi connectivity index (χ3n) is 5.23. The fraction of sp³-hybridized carbons (Fsp3) is 0.333. The van der Waals surface area contributed by atoms with E-state index in [-0.39, 0.29) is 12.5 Å². The van der Waals surface area contributed by atoms with Gasteiger partial charge in [0, 0.05) is 37.4 Å². The molecule has 27 heavy (non-hydrogen) atoms. The van der Waals surface area contributed by atoms with Crippen molar-refractivity contribution in [2.75, 3.05) is 38.1 Å². The molecule has 0 saturated carbocycles. The van der Waals surface area contributed by atoms with Gasteiger partial charge >= 0.3 is 5.97 Å². The zero-order valence-corrected chi connectivity index (χ0v) is 15.5. The van der Waals surface area contributed by atoms with Gasteiger partial charge in [-0.1, -0.05) is 36.4 Å². The van der Waals surface area contributed by atoms with Crippen LogP contribution in [0.1, 0.15) is 18.0 Å². The Kier molecular flexibility index (Phi) is 4.81. The zero-order valence-electron chi connectivity index (χ0n) is 15.5. The van der Waals surface area contributed by atoms with Crippen LogP contribution in [-0.2, 0) is 4.79 Å². The van der Waals surface area contributed by atoms with Crippen molar-refractivity contribution in [3.63, 3.8) is 0 Å². The summed E-state index contributed by atoms with van der Waals surface area (Å²) in [5, 5.41) is 9.60. The van der Waals surface area contributed by atoms with E-state index in [1.54, 1.807) is 0 Å². The maximum absolute atomic E-state index is 11.7. The largest absolute Gasteiger partial charge is 0.481 e. The van der Waals surface area contributed by atoms with Crippen molar-refractivity contribution in [1.29, 1.82) is 0 Å². The fourth-order valence-electron chi connectivity index (χ4n) is 3.79. The summed E-state index contributed by atoms with van der Waals surface area (Å²) >= 11 is 0. The van der Waals surface area contributed by atoms with Crippen LogP contribution in [0.2, 0.25) is 0 Å². The zero-order chi connectivity index (χ0) is 18.8. The number of nitrogens with zero attached hydrogens (tertiary/aromatic N) is 4. The van der Waals surface area contributed by atoms with Crippen LogP contribution in [0.3, 0.4) is 0 Å². The number of aliphatic carboxylic acids is 1. The number of fused-ring (bicyclic) bond motifs is 1. The Labute approximate surface area is 159 Å². The highest BCUT2D eigenvalue weighted by atomic mass is 16.4. The van der Waals surface area contributed by atoms with Crippen molar-refractivity contribution in [1.82, 2.24) is 9.80 Å². The first-order valence-corrected chi connectivity index (χ1v) is 9.30. The van der Waals surface area contributed by atoms with E-state index < -0.39 is 5.97 Å². The highest BCUT2D eigenvalue weighted by Crippen LogP contribution is 2.40. The number of benzene rings is 2. The number of guanidine groups is 1. The van der Waals surface area contributed by atoms with Gasteiger partial charge in [0.2, 0.25) is 5.96 Å². The van der Waals surface area contributed by atoms with Crippen LogP contribution in [-0.4, -0.2) is 60.1 Å². The summed E-state index contributed by atoms with van der Waals surface area (Å²) < 4.78 is 0. The highest BCUT2D eigenvalue weighted by molar-refractivity contribution is 6.01. The van der Waals surface area contributed by atoms with Crippen LogP contribution < -0.4 is 4.90 Å². The number of piperazine rings is 1. The number of carbonyl (C=O) groups is 1. The van der Waals surface area contributed by atoms with E-state index in [4.69, 9.17) is 4.99 Å². The van der Waals surface area contributed by atoms with E-state index in [2.05, 4.69) is 21.7 Å². The molecule has 0 spiro atoms. The predicted octanol–water partition coefficient (Wildman–Crippen LogP) is 2.96. The molecule has 140 valence electrons. The Balaban J connectivity index is 1.82. The Morgan fingerprint density at radius 1 is 1.04 bits per heavy atom. The number of rotatable bonds is 3. The van der Waals surface area contributed by atoms with E-state index in [0.29, 0.717) is 0 Å². The fourth-order valence-corrected chi connectivity index (χ4v) is 3.79. The number of anilines is 1. The van der Waals surface area contributed by atoms with Gasteiger partial charge in [0.15, 0.2) is 0 Å². The maximum Gasteiger partial charge on any atom is 0.305 e. The molecule has 1 atom stereocenters. The summed E-state index contributed by atoms with van der Waals surface area (Å²) in [7, 11) is 2.12. The van der Waals surface area contributed by atoms with Crippen LogP contribution in [0, 0.1) is 0 Å². The molecule has 2 aromatic rings.